The van der Waals surface area contributed by atoms with E-state index in [1.54, 1.807) is 0 Å². The largest absolute Gasteiger partial charge is 0.388 e. The van der Waals surface area contributed by atoms with Crippen molar-refractivity contribution in [2.24, 2.45) is 0 Å². The molecule has 1 aliphatic carbocycles. The topological polar surface area (TPSA) is 49.3 Å². The van der Waals surface area contributed by atoms with Gasteiger partial charge in [-0.2, -0.15) is 0 Å². The van der Waals surface area contributed by atoms with E-state index in [0.717, 1.165) is 37.1 Å². The van der Waals surface area contributed by atoms with Gasteiger partial charge in [0, 0.05) is 18.2 Å². The van der Waals surface area contributed by atoms with Crippen molar-refractivity contribution < 1.29 is 18.7 Å². The lowest BCUT2D eigenvalue weighted by atomic mass is 10.0. The fourth-order valence-corrected chi connectivity index (χ4v) is 2.35. The van der Waals surface area contributed by atoms with E-state index in [0.29, 0.717) is 12.8 Å². The Hall–Kier alpha value is -1.75. The van der Waals surface area contributed by atoms with Crippen LogP contribution in [-0.2, 0) is 4.79 Å². The summed E-state index contributed by atoms with van der Waals surface area (Å²) in [6, 6.07) is 3.52. The average molecular weight is 281 g/mol. The minimum absolute atomic E-state index is 0.163. The first-order valence-corrected chi connectivity index (χ1v) is 6.62. The zero-order chi connectivity index (χ0) is 14.6. The third-order valence-corrected chi connectivity index (χ3v) is 3.53. The maximum absolute atomic E-state index is 13.3. The van der Waals surface area contributed by atoms with Crippen LogP contribution in [0.4, 0.5) is 8.78 Å². The summed E-state index contributed by atoms with van der Waals surface area (Å²) in [5.41, 5.74) is -1.09. The first-order valence-electron chi connectivity index (χ1n) is 6.62. The van der Waals surface area contributed by atoms with E-state index in [9.17, 15) is 18.7 Å². The van der Waals surface area contributed by atoms with Crippen molar-refractivity contribution in [2.45, 2.75) is 31.3 Å². The van der Waals surface area contributed by atoms with E-state index in [-0.39, 0.29) is 12.1 Å². The zero-order valence-electron chi connectivity index (χ0n) is 11.0. The van der Waals surface area contributed by atoms with Gasteiger partial charge in [-0.05, 0) is 31.1 Å². The van der Waals surface area contributed by atoms with E-state index in [4.69, 9.17) is 0 Å². The van der Waals surface area contributed by atoms with E-state index in [2.05, 4.69) is 5.32 Å². The fourth-order valence-electron chi connectivity index (χ4n) is 2.35. The van der Waals surface area contributed by atoms with Crippen LogP contribution in [-0.4, -0.2) is 23.2 Å². The van der Waals surface area contributed by atoms with Gasteiger partial charge in [0.25, 0.3) is 0 Å². The standard InChI is InChI=1S/C15H17F2NO2/c16-12-4-3-5-13(17)11(12)6-7-14(19)18-10-15(20)8-1-2-9-15/h3-7,20H,1-2,8-10H2,(H,18,19)/b7-6+. The summed E-state index contributed by atoms with van der Waals surface area (Å²) in [6.45, 7) is 0.163. The predicted octanol–water partition coefficient (Wildman–Crippen LogP) is 2.40. The molecule has 0 spiro atoms. The lowest BCUT2D eigenvalue weighted by molar-refractivity contribution is -0.117. The maximum Gasteiger partial charge on any atom is 0.244 e. The molecule has 2 rings (SSSR count). The lowest BCUT2D eigenvalue weighted by Gasteiger charge is -2.21. The predicted molar refractivity (Wildman–Crippen MR) is 71.8 cm³/mol. The van der Waals surface area contributed by atoms with Gasteiger partial charge >= 0.3 is 0 Å². The summed E-state index contributed by atoms with van der Waals surface area (Å²) in [4.78, 5) is 11.6. The van der Waals surface area contributed by atoms with Gasteiger partial charge in [-0.15, -0.1) is 0 Å². The van der Waals surface area contributed by atoms with E-state index in [1.165, 1.54) is 6.07 Å². The second-order valence-electron chi connectivity index (χ2n) is 5.12. The highest BCUT2D eigenvalue weighted by Gasteiger charge is 2.30. The number of rotatable bonds is 4. The van der Waals surface area contributed by atoms with Gasteiger partial charge in [-0.3, -0.25) is 4.79 Å². The van der Waals surface area contributed by atoms with Gasteiger partial charge in [-0.25, -0.2) is 8.78 Å². The smallest absolute Gasteiger partial charge is 0.244 e. The van der Waals surface area contributed by atoms with E-state index >= 15 is 0 Å². The maximum atomic E-state index is 13.3. The molecule has 0 radical (unpaired) electrons. The number of nitrogens with one attached hydrogen (secondary N) is 1. The van der Waals surface area contributed by atoms with Gasteiger partial charge in [-0.1, -0.05) is 18.9 Å². The van der Waals surface area contributed by atoms with Gasteiger partial charge < -0.3 is 10.4 Å². The minimum Gasteiger partial charge on any atom is -0.388 e. The number of hydrogen-bond acceptors (Lipinski definition) is 2. The minimum atomic E-state index is -0.841. The molecule has 0 unspecified atom stereocenters. The second kappa shape index (κ2) is 6.13. The number of aliphatic hydroxyl groups is 1. The van der Waals surface area contributed by atoms with Crippen molar-refractivity contribution in [1.29, 1.82) is 0 Å². The number of carbonyl (C=O) groups excluding carboxylic acids is 1. The third kappa shape index (κ3) is 3.63. The Labute approximate surface area is 116 Å². The summed E-state index contributed by atoms with van der Waals surface area (Å²) >= 11 is 0. The molecule has 1 amide bonds. The van der Waals surface area contributed by atoms with Gasteiger partial charge in [0.2, 0.25) is 5.91 Å². The Morgan fingerprint density at radius 1 is 1.30 bits per heavy atom. The van der Waals surface area contributed by atoms with Crippen LogP contribution in [0.15, 0.2) is 24.3 Å². The van der Waals surface area contributed by atoms with Crippen molar-refractivity contribution in [2.75, 3.05) is 6.54 Å². The summed E-state index contributed by atoms with van der Waals surface area (Å²) in [5, 5.41) is 12.6. The van der Waals surface area contributed by atoms with Crippen LogP contribution in [0.25, 0.3) is 6.08 Å². The highest BCUT2D eigenvalue weighted by atomic mass is 19.1. The normalized spacial score (nSPS) is 17.6. The van der Waals surface area contributed by atoms with Crippen LogP contribution in [0, 0.1) is 11.6 Å². The fraction of sp³-hybridized carbons (Fsp3) is 0.400. The molecule has 20 heavy (non-hydrogen) atoms. The lowest BCUT2D eigenvalue weighted by Crippen LogP contribution is -2.40. The molecule has 0 aromatic heterocycles. The highest BCUT2D eigenvalue weighted by molar-refractivity contribution is 5.91. The molecule has 1 fully saturated rings. The SMILES string of the molecule is O=C(/C=C/c1c(F)cccc1F)NCC1(O)CCCC1. The zero-order valence-corrected chi connectivity index (χ0v) is 11.0. The number of hydrogen-bond donors (Lipinski definition) is 2. The number of amides is 1. The quantitative estimate of drug-likeness (QED) is 0.833. The molecule has 1 saturated carbocycles. The molecule has 3 nitrogen and oxygen atoms in total. The molecule has 1 aliphatic rings. The first-order chi connectivity index (χ1) is 9.50. The number of carbonyl (C=O) groups is 1. The Balaban J connectivity index is 1.92. The van der Waals surface area contributed by atoms with Crippen molar-refractivity contribution in [1.82, 2.24) is 5.32 Å². The van der Waals surface area contributed by atoms with Crippen molar-refractivity contribution >= 4 is 12.0 Å². The van der Waals surface area contributed by atoms with Crippen LogP contribution in [0.3, 0.4) is 0 Å². The summed E-state index contributed by atoms with van der Waals surface area (Å²) in [7, 11) is 0. The molecule has 0 atom stereocenters. The summed E-state index contributed by atoms with van der Waals surface area (Å²) in [6.07, 6.45) is 5.39. The van der Waals surface area contributed by atoms with Crippen LogP contribution < -0.4 is 5.32 Å². The van der Waals surface area contributed by atoms with Gasteiger partial charge in [0.1, 0.15) is 11.6 Å². The number of halogens is 2. The molecular formula is C15H17F2NO2. The van der Waals surface area contributed by atoms with Crippen molar-refractivity contribution in [3.63, 3.8) is 0 Å². The average Bonchev–Trinajstić information content (AvgIpc) is 2.83. The third-order valence-electron chi connectivity index (χ3n) is 3.53. The molecule has 1 aromatic rings. The molecule has 108 valence electrons. The molecule has 5 heteroatoms. The highest BCUT2D eigenvalue weighted by Crippen LogP contribution is 2.28. The molecule has 1 aromatic carbocycles. The van der Waals surface area contributed by atoms with E-state index < -0.39 is 23.1 Å². The molecular weight excluding hydrogens is 264 g/mol. The second-order valence-corrected chi connectivity index (χ2v) is 5.12. The van der Waals surface area contributed by atoms with Crippen LogP contribution >= 0.6 is 0 Å². The molecule has 0 bridgehead atoms. The van der Waals surface area contributed by atoms with Crippen LogP contribution in [0.1, 0.15) is 31.2 Å². The summed E-state index contributed by atoms with van der Waals surface area (Å²) < 4.78 is 26.7. The van der Waals surface area contributed by atoms with Crippen LogP contribution in [0.2, 0.25) is 0 Å². The Morgan fingerprint density at radius 3 is 2.50 bits per heavy atom. The molecule has 0 heterocycles. The molecule has 0 saturated heterocycles. The Kier molecular flexibility index (Phi) is 4.49. The molecule has 2 N–H and O–H groups in total. The Morgan fingerprint density at radius 2 is 1.90 bits per heavy atom. The van der Waals surface area contributed by atoms with Gasteiger partial charge in [0.15, 0.2) is 0 Å². The number of benzene rings is 1. The van der Waals surface area contributed by atoms with E-state index in [1.807, 2.05) is 0 Å². The first kappa shape index (κ1) is 14.7. The van der Waals surface area contributed by atoms with Gasteiger partial charge in [0.05, 0.1) is 5.60 Å². The van der Waals surface area contributed by atoms with Crippen molar-refractivity contribution in [3.8, 4) is 0 Å². The molecule has 0 aliphatic heterocycles. The monoisotopic (exact) mass is 281 g/mol. The van der Waals surface area contributed by atoms with Crippen molar-refractivity contribution in [3.05, 3.63) is 41.5 Å². The Bertz CT molecular complexity index is 502. The summed E-state index contributed by atoms with van der Waals surface area (Å²) in [5.74, 6) is -1.92. The van der Waals surface area contributed by atoms with Crippen LogP contribution in [0.5, 0.6) is 0 Å².